The van der Waals surface area contributed by atoms with E-state index in [1.165, 1.54) is 0 Å². The molecule has 0 aromatic heterocycles. The van der Waals surface area contributed by atoms with Crippen LogP contribution in [0.4, 0.5) is 0 Å². The Hall–Kier alpha value is -0.530. The van der Waals surface area contributed by atoms with Gasteiger partial charge < -0.3 is 5.32 Å². The molecule has 1 atom stereocenters. The lowest BCUT2D eigenvalue weighted by molar-refractivity contribution is -0.117. The van der Waals surface area contributed by atoms with Crippen LogP contribution in [0.2, 0.25) is 0 Å². The highest BCUT2D eigenvalue weighted by molar-refractivity contribution is 5.80. The molecule has 0 aliphatic rings. The molecule has 2 heteroatoms. The first-order chi connectivity index (χ1) is 4.57. The van der Waals surface area contributed by atoms with Crippen LogP contribution in [0.3, 0.4) is 0 Å². The van der Waals surface area contributed by atoms with Gasteiger partial charge >= 0.3 is 0 Å². The van der Waals surface area contributed by atoms with Crippen LogP contribution < -0.4 is 5.32 Å². The van der Waals surface area contributed by atoms with Gasteiger partial charge in [0.15, 0.2) is 0 Å². The molecule has 0 fully saturated rings. The molecule has 0 bridgehead atoms. The van der Waals surface area contributed by atoms with Crippen molar-refractivity contribution in [3.8, 4) is 0 Å². The Morgan fingerprint density at radius 2 is 2.10 bits per heavy atom. The molecule has 0 heterocycles. The Morgan fingerprint density at radius 3 is 2.20 bits per heavy atom. The zero-order chi connectivity index (χ0) is 8.15. The van der Waals surface area contributed by atoms with Gasteiger partial charge in [0.25, 0.3) is 0 Å². The second-order valence-electron chi connectivity index (χ2n) is 2.83. The van der Waals surface area contributed by atoms with Gasteiger partial charge in [0.1, 0.15) is 0 Å². The third-order valence-electron chi connectivity index (χ3n) is 1.59. The minimum absolute atomic E-state index is 0.180. The summed E-state index contributed by atoms with van der Waals surface area (Å²) in [6.07, 6.45) is 0.971. The van der Waals surface area contributed by atoms with E-state index in [0.29, 0.717) is 5.92 Å². The van der Waals surface area contributed by atoms with Gasteiger partial charge in [-0.25, -0.2) is 0 Å². The van der Waals surface area contributed by atoms with E-state index in [0.717, 1.165) is 6.42 Å². The molecule has 0 saturated heterocycles. The molecule has 2 nitrogen and oxygen atoms in total. The molecule has 10 heavy (non-hydrogen) atoms. The van der Waals surface area contributed by atoms with Gasteiger partial charge in [-0.3, -0.25) is 4.79 Å². The summed E-state index contributed by atoms with van der Waals surface area (Å²) in [5, 5.41) is 2.78. The fraction of sp³-hybridized carbons (Fsp3) is 0.750. The van der Waals surface area contributed by atoms with E-state index >= 15 is 0 Å². The predicted molar refractivity (Wildman–Crippen MR) is 42.4 cm³/mol. The number of hydrogen-bond donors (Lipinski definition) is 1. The molecule has 1 N–H and O–H groups in total. The van der Waals surface area contributed by atoms with Gasteiger partial charge in [-0.2, -0.15) is 0 Å². The maximum Gasteiger partial charge on any atom is 0.220 e. The molecule has 0 saturated carbocycles. The van der Waals surface area contributed by atoms with E-state index in [9.17, 15) is 4.79 Å². The summed E-state index contributed by atoms with van der Waals surface area (Å²) >= 11 is 0. The lowest BCUT2D eigenvalue weighted by Gasteiger charge is -2.19. The van der Waals surface area contributed by atoms with Crippen LogP contribution >= 0.6 is 0 Å². The van der Waals surface area contributed by atoms with Gasteiger partial charge in [-0.05, 0) is 12.3 Å². The quantitative estimate of drug-likeness (QED) is 0.633. The van der Waals surface area contributed by atoms with Gasteiger partial charge in [-0.15, -0.1) is 0 Å². The van der Waals surface area contributed by atoms with E-state index in [2.05, 4.69) is 33.0 Å². The lowest BCUT2D eigenvalue weighted by Crippen LogP contribution is -2.36. The Kier molecular flexibility index (Phi) is 4.08. The minimum Gasteiger partial charge on any atom is -0.353 e. The number of rotatable bonds is 3. The highest BCUT2D eigenvalue weighted by Gasteiger charge is 2.10. The molecule has 0 spiro atoms. The van der Waals surface area contributed by atoms with Crippen molar-refractivity contribution in [2.75, 3.05) is 0 Å². The number of carbonyl (C=O) groups is 1. The zero-order valence-corrected chi connectivity index (χ0v) is 6.98. The SMILES string of the molecule is [CH2]C(=O)NC(CC)C(C)C. The average molecular weight is 142 g/mol. The molecular formula is C8H16NO. The van der Waals surface area contributed by atoms with Crippen LogP contribution in [-0.4, -0.2) is 11.9 Å². The summed E-state index contributed by atoms with van der Waals surface area (Å²) in [5.74, 6) is 0.316. The van der Waals surface area contributed by atoms with Crippen molar-refractivity contribution in [3.63, 3.8) is 0 Å². The third kappa shape index (κ3) is 3.49. The van der Waals surface area contributed by atoms with Crippen LogP contribution in [0.1, 0.15) is 27.2 Å². The van der Waals surface area contributed by atoms with E-state index in [-0.39, 0.29) is 11.9 Å². The van der Waals surface area contributed by atoms with Crippen molar-refractivity contribution in [3.05, 3.63) is 6.92 Å². The minimum atomic E-state index is -0.180. The normalized spacial score (nSPS) is 13.3. The van der Waals surface area contributed by atoms with Gasteiger partial charge in [0.2, 0.25) is 5.91 Å². The van der Waals surface area contributed by atoms with Gasteiger partial charge in [0, 0.05) is 13.0 Å². The largest absolute Gasteiger partial charge is 0.353 e. The maximum absolute atomic E-state index is 10.5. The van der Waals surface area contributed by atoms with E-state index in [4.69, 9.17) is 0 Å². The molecule has 0 rings (SSSR count). The van der Waals surface area contributed by atoms with Crippen molar-refractivity contribution < 1.29 is 4.79 Å². The Labute approximate surface area is 63.0 Å². The fourth-order valence-corrected chi connectivity index (χ4v) is 0.947. The average Bonchev–Trinajstić information content (AvgIpc) is 1.81. The summed E-state index contributed by atoms with van der Waals surface area (Å²) in [5.41, 5.74) is 0. The molecule has 0 aliphatic carbocycles. The molecule has 0 aromatic carbocycles. The predicted octanol–water partition coefficient (Wildman–Crippen LogP) is 1.37. The third-order valence-corrected chi connectivity index (χ3v) is 1.59. The summed E-state index contributed by atoms with van der Waals surface area (Å²) in [6.45, 7) is 9.49. The first-order valence-electron chi connectivity index (χ1n) is 3.70. The number of amides is 1. The molecule has 0 aromatic rings. The van der Waals surface area contributed by atoms with Crippen molar-refractivity contribution in [2.24, 2.45) is 5.92 Å². The Bertz CT molecular complexity index is 110. The highest BCUT2D eigenvalue weighted by atomic mass is 16.1. The van der Waals surface area contributed by atoms with Crippen molar-refractivity contribution >= 4 is 5.91 Å². The fourth-order valence-electron chi connectivity index (χ4n) is 0.947. The first-order valence-corrected chi connectivity index (χ1v) is 3.70. The summed E-state index contributed by atoms with van der Waals surface area (Å²) in [7, 11) is 0. The second-order valence-corrected chi connectivity index (χ2v) is 2.83. The maximum atomic E-state index is 10.5. The van der Waals surface area contributed by atoms with Crippen molar-refractivity contribution in [2.45, 2.75) is 33.2 Å². The smallest absolute Gasteiger partial charge is 0.220 e. The van der Waals surface area contributed by atoms with Crippen LogP contribution in [-0.2, 0) is 4.79 Å². The van der Waals surface area contributed by atoms with E-state index in [1.54, 1.807) is 0 Å². The number of hydrogen-bond acceptors (Lipinski definition) is 1. The summed E-state index contributed by atoms with van der Waals surface area (Å²) in [6, 6.07) is 0.282. The molecular weight excluding hydrogens is 126 g/mol. The van der Waals surface area contributed by atoms with Crippen molar-refractivity contribution in [1.29, 1.82) is 0 Å². The highest BCUT2D eigenvalue weighted by Crippen LogP contribution is 2.04. The van der Waals surface area contributed by atoms with E-state index in [1.807, 2.05) is 0 Å². The standard InChI is InChI=1S/C8H16NO/c1-5-8(6(2)3)9-7(4)10/h6,8H,4-5H2,1-3H3,(H,9,10). The molecule has 0 aliphatic heterocycles. The van der Waals surface area contributed by atoms with Gasteiger partial charge in [-0.1, -0.05) is 20.8 Å². The molecule has 59 valence electrons. The zero-order valence-electron chi connectivity index (χ0n) is 6.98. The molecule has 1 unspecified atom stereocenters. The monoisotopic (exact) mass is 142 g/mol. The summed E-state index contributed by atoms with van der Waals surface area (Å²) in [4.78, 5) is 10.5. The summed E-state index contributed by atoms with van der Waals surface area (Å²) < 4.78 is 0. The van der Waals surface area contributed by atoms with Crippen LogP contribution in [0, 0.1) is 12.8 Å². The lowest BCUT2D eigenvalue weighted by atomic mass is 10.0. The molecule has 1 radical (unpaired) electrons. The Morgan fingerprint density at radius 1 is 1.60 bits per heavy atom. The van der Waals surface area contributed by atoms with Crippen molar-refractivity contribution in [1.82, 2.24) is 5.32 Å². The first kappa shape index (κ1) is 9.47. The number of carbonyl (C=O) groups excluding carboxylic acids is 1. The van der Waals surface area contributed by atoms with E-state index < -0.39 is 0 Å². The van der Waals surface area contributed by atoms with Crippen LogP contribution in [0.5, 0.6) is 0 Å². The van der Waals surface area contributed by atoms with Crippen LogP contribution in [0.25, 0.3) is 0 Å². The topological polar surface area (TPSA) is 29.1 Å². The van der Waals surface area contributed by atoms with Crippen LogP contribution in [0.15, 0.2) is 0 Å². The molecule has 1 amide bonds. The second kappa shape index (κ2) is 4.31. The number of nitrogens with one attached hydrogen (secondary N) is 1. The Balaban J connectivity index is 3.71. The van der Waals surface area contributed by atoms with Gasteiger partial charge in [0.05, 0.1) is 0 Å².